The number of amides is 3. The van der Waals surface area contributed by atoms with Crippen LogP contribution in [0.1, 0.15) is 6.42 Å². The first-order valence-corrected chi connectivity index (χ1v) is 4.63. The van der Waals surface area contributed by atoms with E-state index in [4.69, 9.17) is 15.9 Å². The predicted octanol–water partition coefficient (Wildman–Crippen LogP) is -2.14. The summed E-state index contributed by atoms with van der Waals surface area (Å²) in [4.78, 5) is 23.0. The number of hydrogen-bond acceptors (Lipinski definition) is 5. The summed E-state index contributed by atoms with van der Waals surface area (Å²) in [6.07, 6.45) is 0.100. The van der Waals surface area contributed by atoms with E-state index in [1.807, 2.05) is 5.32 Å². The minimum Gasteiger partial charge on any atom is -0.395 e. The van der Waals surface area contributed by atoms with Crippen molar-refractivity contribution in [1.29, 1.82) is 0 Å². The van der Waals surface area contributed by atoms with Crippen molar-refractivity contribution >= 4 is 11.9 Å². The number of carbonyl (C=O) groups excluding carboxylic acids is 2. The van der Waals surface area contributed by atoms with Crippen molar-refractivity contribution < 1.29 is 19.8 Å². The zero-order valence-electron chi connectivity index (χ0n) is 8.48. The SMILES string of the molecule is NC(=O)NC(=O)CCN(CCO)CCO. The van der Waals surface area contributed by atoms with Crippen LogP contribution in [0.2, 0.25) is 0 Å². The summed E-state index contributed by atoms with van der Waals surface area (Å²) >= 11 is 0. The van der Waals surface area contributed by atoms with Crippen molar-refractivity contribution in [3.63, 3.8) is 0 Å². The molecule has 0 aliphatic rings. The number of urea groups is 1. The summed E-state index contributed by atoms with van der Waals surface area (Å²) in [5.41, 5.74) is 4.75. The molecule has 0 rings (SSSR count). The number of aliphatic hydroxyl groups excluding tert-OH is 2. The lowest BCUT2D eigenvalue weighted by Gasteiger charge is -2.19. The molecule has 0 saturated heterocycles. The summed E-state index contributed by atoms with van der Waals surface area (Å²) in [6, 6.07) is -0.879. The van der Waals surface area contributed by atoms with Crippen LogP contribution >= 0.6 is 0 Å². The molecule has 0 spiro atoms. The highest BCUT2D eigenvalue weighted by Crippen LogP contribution is 1.90. The van der Waals surface area contributed by atoms with Gasteiger partial charge in [0.15, 0.2) is 0 Å². The van der Waals surface area contributed by atoms with Gasteiger partial charge in [0.05, 0.1) is 13.2 Å². The van der Waals surface area contributed by atoms with Crippen molar-refractivity contribution in [1.82, 2.24) is 10.2 Å². The Morgan fingerprint density at radius 1 is 1.13 bits per heavy atom. The van der Waals surface area contributed by atoms with Crippen molar-refractivity contribution in [3.05, 3.63) is 0 Å². The number of carbonyl (C=O) groups is 2. The number of nitrogens with one attached hydrogen (secondary N) is 1. The molecule has 0 aromatic heterocycles. The minimum absolute atomic E-state index is 0.0442. The Labute approximate surface area is 87.9 Å². The Morgan fingerprint density at radius 3 is 2.07 bits per heavy atom. The van der Waals surface area contributed by atoms with E-state index >= 15 is 0 Å². The van der Waals surface area contributed by atoms with Gasteiger partial charge >= 0.3 is 6.03 Å². The fourth-order valence-electron chi connectivity index (χ4n) is 1.08. The summed E-state index contributed by atoms with van der Waals surface area (Å²) in [5, 5.41) is 19.3. The van der Waals surface area contributed by atoms with Crippen LogP contribution in [-0.2, 0) is 4.79 Å². The van der Waals surface area contributed by atoms with Crippen molar-refractivity contribution in [2.75, 3.05) is 32.8 Å². The van der Waals surface area contributed by atoms with Crippen LogP contribution in [0.25, 0.3) is 0 Å². The smallest absolute Gasteiger partial charge is 0.318 e. The number of imide groups is 1. The molecule has 0 heterocycles. The van der Waals surface area contributed by atoms with Gasteiger partial charge < -0.3 is 15.9 Å². The molecule has 15 heavy (non-hydrogen) atoms. The fourth-order valence-corrected chi connectivity index (χ4v) is 1.08. The Balaban J connectivity index is 3.77. The third-order valence-electron chi connectivity index (χ3n) is 1.75. The normalized spacial score (nSPS) is 10.3. The standard InChI is InChI=1S/C8H17N3O4/c9-8(15)10-7(14)1-2-11(3-5-12)4-6-13/h12-13H,1-6H2,(H3,9,10,14,15). The largest absolute Gasteiger partial charge is 0.395 e. The second-order valence-corrected chi connectivity index (χ2v) is 2.95. The van der Waals surface area contributed by atoms with E-state index < -0.39 is 11.9 Å². The van der Waals surface area contributed by atoms with Crippen LogP contribution in [0.5, 0.6) is 0 Å². The lowest BCUT2D eigenvalue weighted by atomic mass is 10.3. The van der Waals surface area contributed by atoms with Gasteiger partial charge in [0, 0.05) is 26.1 Å². The fraction of sp³-hybridized carbons (Fsp3) is 0.750. The molecule has 0 fully saturated rings. The van der Waals surface area contributed by atoms with Crippen molar-refractivity contribution in [2.45, 2.75) is 6.42 Å². The third-order valence-corrected chi connectivity index (χ3v) is 1.75. The summed E-state index contributed by atoms with van der Waals surface area (Å²) in [7, 11) is 0. The number of hydrogen-bond donors (Lipinski definition) is 4. The Kier molecular flexibility index (Phi) is 7.51. The van der Waals surface area contributed by atoms with Gasteiger partial charge in [-0.2, -0.15) is 0 Å². The second-order valence-electron chi connectivity index (χ2n) is 2.95. The highest BCUT2D eigenvalue weighted by atomic mass is 16.3. The van der Waals surface area contributed by atoms with Crippen LogP contribution in [-0.4, -0.2) is 59.9 Å². The average molecular weight is 219 g/mol. The maximum absolute atomic E-state index is 11.0. The van der Waals surface area contributed by atoms with Crippen molar-refractivity contribution in [2.24, 2.45) is 5.73 Å². The van der Waals surface area contributed by atoms with Gasteiger partial charge in [0.2, 0.25) is 5.91 Å². The molecule has 0 radical (unpaired) electrons. The molecule has 88 valence electrons. The number of aliphatic hydroxyl groups is 2. The van der Waals surface area contributed by atoms with Crippen LogP contribution < -0.4 is 11.1 Å². The molecular formula is C8H17N3O4. The Hall–Kier alpha value is -1.18. The first-order valence-electron chi connectivity index (χ1n) is 4.63. The Morgan fingerprint density at radius 2 is 1.67 bits per heavy atom. The lowest BCUT2D eigenvalue weighted by Crippen LogP contribution is -2.38. The number of nitrogens with two attached hydrogens (primary N) is 1. The van der Waals surface area contributed by atoms with E-state index in [2.05, 4.69) is 0 Å². The summed E-state index contributed by atoms with van der Waals surface area (Å²) in [5.74, 6) is -0.469. The molecule has 7 nitrogen and oxygen atoms in total. The highest BCUT2D eigenvalue weighted by molar-refractivity contribution is 5.93. The van der Waals surface area contributed by atoms with Gasteiger partial charge in [-0.15, -0.1) is 0 Å². The Bertz CT molecular complexity index is 204. The van der Waals surface area contributed by atoms with E-state index in [-0.39, 0.29) is 19.6 Å². The molecule has 0 atom stereocenters. The molecule has 0 unspecified atom stereocenters. The second kappa shape index (κ2) is 8.16. The zero-order chi connectivity index (χ0) is 11.7. The van der Waals surface area contributed by atoms with Crippen LogP contribution in [0.15, 0.2) is 0 Å². The van der Waals surface area contributed by atoms with Gasteiger partial charge in [0.25, 0.3) is 0 Å². The molecular weight excluding hydrogens is 202 g/mol. The van der Waals surface area contributed by atoms with E-state index in [0.717, 1.165) is 0 Å². The predicted molar refractivity (Wildman–Crippen MR) is 53.0 cm³/mol. The number of rotatable bonds is 7. The quantitative estimate of drug-likeness (QED) is 0.390. The van der Waals surface area contributed by atoms with E-state index in [1.54, 1.807) is 4.90 Å². The van der Waals surface area contributed by atoms with Crippen LogP contribution in [0.4, 0.5) is 4.79 Å². The maximum Gasteiger partial charge on any atom is 0.318 e. The van der Waals surface area contributed by atoms with E-state index in [1.165, 1.54) is 0 Å². The topological polar surface area (TPSA) is 116 Å². The molecule has 0 saturated carbocycles. The number of nitrogens with zero attached hydrogens (tertiary/aromatic N) is 1. The first-order chi connectivity index (χ1) is 7.10. The monoisotopic (exact) mass is 219 g/mol. The summed E-state index contributed by atoms with van der Waals surface area (Å²) in [6.45, 7) is 1.03. The maximum atomic E-state index is 11.0. The minimum atomic E-state index is -0.879. The molecule has 7 heteroatoms. The van der Waals surface area contributed by atoms with E-state index in [9.17, 15) is 9.59 Å². The first kappa shape index (κ1) is 13.8. The van der Waals surface area contributed by atoms with Crippen LogP contribution in [0, 0.1) is 0 Å². The molecule has 0 bridgehead atoms. The van der Waals surface area contributed by atoms with Crippen molar-refractivity contribution in [3.8, 4) is 0 Å². The van der Waals surface area contributed by atoms with Crippen LogP contribution in [0.3, 0.4) is 0 Å². The molecule has 0 aliphatic heterocycles. The molecule has 5 N–H and O–H groups in total. The molecule has 3 amide bonds. The average Bonchev–Trinajstić information content (AvgIpc) is 2.14. The van der Waals surface area contributed by atoms with Gasteiger partial charge in [0.1, 0.15) is 0 Å². The van der Waals surface area contributed by atoms with E-state index in [0.29, 0.717) is 19.6 Å². The molecule has 0 aromatic carbocycles. The highest BCUT2D eigenvalue weighted by Gasteiger charge is 2.08. The summed E-state index contributed by atoms with van der Waals surface area (Å²) < 4.78 is 0. The lowest BCUT2D eigenvalue weighted by molar-refractivity contribution is -0.120. The van der Waals surface area contributed by atoms with Gasteiger partial charge in [-0.25, -0.2) is 4.79 Å². The number of primary amides is 1. The molecule has 0 aromatic rings. The van der Waals surface area contributed by atoms with Gasteiger partial charge in [-0.1, -0.05) is 0 Å². The molecule has 0 aliphatic carbocycles. The van der Waals surface area contributed by atoms with Gasteiger partial charge in [-0.3, -0.25) is 15.0 Å². The third kappa shape index (κ3) is 7.86. The van der Waals surface area contributed by atoms with Gasteiger partial charge in [-0.05, 0) is 0 Å². The zero-order valence-corrected chi connectivity index (χ0v) is 8.48.